The maximum atomic E-state index is 6.25. The molecule has 0 radical (unpaired) electrons. The molecule has 1 heterocycles. The third-order valence-corrected chi connectivity index (χ3v) is 5.10. The van der Waals surface area contributed by atoms with Gasteiger partial charge < -0.3 is 5.73 Å². The van der Waals surface area contributed by atoms with E-state index in [0.29, 0.717) is 0 Å². The third kappa shape index (κ3) is 3.31. The highest BCUT2D eigenvalue weighted by molar-refractivity contribution is 5.15. The molecule has 3 rings (SSSR count). The summed E-state index contributed by atoms with van der Waals surface area (Å²) in [7, 11) is 0. The van der Waals surface area contributed by atoms with Gasteiger partial charge in [0.1, 0.15) is 0 Å². The lowest BCUT2D eigenvalue weighted by Gasteiger charge is -2.41. The van der Waals surface area contributed by atoms with Gasteiger partial charge >= 0.3 is 0 Å². The van der Waals surface area contributed by atoms with E-state index in [1.807, 2.05) is 0 Å². The summed E-state index contributed by atoms with van der Waals surface area (Å²) in [6.07, 6.45) is 5.21. The van der Waals surface area contributed by atoms with Gasteiger partial charge in [-0.25, -0.2) is 0 Å². The van der Waals surface area contributed by atoms with Crippen LogP contribution in [0.25, 0.3) is 0 Å². The van der Waals surface area contributed by atoms with E-state index in [2.05, 4.69) is 47.1 Å². The molecule has 0 amide bonds. The zero-order valence-electron chi connectivity index (χ0n) is 13.3. The maximum Gasteiger partial charge on any atom is 0.0473 e. The zero-order chi connectivity index (χ0) is 14.7. The SMILES string of the molecule is CCCN(C1CC1)C1(CN)CCN(Cc2ccccc2)C1. The van der Waals surface area contributed by atoms with Gasteiger partial charge in [0.2, 0.25) is 0 Å². The highest BCUT2D eigenvalue weighted by Gasteiger charge is 2.46. The van der Waals surface area contributed by atoms with Crippen LogP contribution >= 0.6 is 0 Å². The quantitative estimate of drug-likeness (QED) is 0.836. The lowest BCUT2D eigenvalue weighted by molar-refractivity contribution is 0.0886. The number of likely N-dealkylation sites (tertiary alicyclic amines) is 1. The van der Waals surface area contributed by atoms with Gasteiger partial charge in [-0.2, -0.15) is 0 Å². The van der Waals surface area contributed by atoms with Crippen LogP contribution in [-0.4, -0.2) is 47.6 Å². The molecule has 1 atom stereocenters. The molecule has 116 valence electrons. The summed E-state index contributed by atoms with van der Waals surface area (Å²) < 4.78 is 0. The van der Waals surface area contributed by atoms with E-state index in [4.69, 9.17) is 5.73 Å². The molecule has 0 spiro atoms. The standard InChI is InChI=1S/C18H29N3/c1-2-11-21(17-8-9-17)18(14-19)10-12-20(15-18)13-16-6-4-3-5-7-16/h3-7,17H,2,8-15,19H2,1H3. The molecule has 1 aromatic carbocycles. The Morgan fingerprint density at radius 1 is 1.29 bits per heavy atom. The van der Waals surface area contributed by atoms with Crippen LogP contribution in [-0.2, 0) is 6.54 Å². The molecule has 0 aromatic heterocycles. The minimum Gasteiger partial charge on any atom is -0.329 e. The first-order chi connectivity index (χ1) is 10.3. The summed E-state index contributed by atoms with van der Waals surface area (Å²) in [5.41, 5.74) is 7.90. The summed E-state index contributed by atoms with van der Waals surface area (Å²) in [6.45, 7) is 7.67. The Morgan fingerprint density at radius 2 is 2.05 bits per heavy atom. The minimum absolute atomic E-state index is 0.228. The van der Waals surface area contributed by atoms with Crippen LogP contribution in [0.3, 0.4) is 0 Å². The van der Waals surface area contributed by atoms with Crippen LogP contribution in [0, 0.1) is 0 Å². The van der Waals surface area contributed by atoms with Crippen molar-refractivity contribution in [2.45, 2.75) is 50.7 Å². The summed E-state index contributed by atoms with van der Waals surface area (Å²) in [5.74, 6) is 0. The van der Waals surface area contributed by atoms with E-state index in [0.717, 1.165) is 25.7 Å². The molecule has 0 bridgehead atoms. The molecule has 1 aliphatic heterocycles. The largest absolute Gasteiger partial charge is 0.329 e. The second-order valence-corrected chi connectivity index (χ2v) is 6.80. The van der Waals surface area contributed by atoms with Gasteiger partial charge in [0.15, 0.2) is 0 Å². The first kappa shape index (κ1) is 15.0. The molecule has 1 saturated carbocycles. The van der Waals surface area contributed by atoms with Crippen LogP contribution in [0.4, 0.5) is 0 Å². The van der Waals surface area contributed by atoms with Crippen molar-refractivity contribution in [3.05, 3.63) is 35.9 Å². The highest BCUT2D eigenvalue weighted by atomic mass is 15.3. The number of hydrogen-bond acceptors (Lipinski definition) is 3. The van der Waals surface area contributed by atoms with Crippen molar-refractivity contribution in [3.63, 3.8) is 0 Å². The first-order valence-corrected chi connectivity index (χ1v) is 8.50. The Hall–Kier alpha value is -0.900. The van der Waals surface area contributed by atoms with Crippen LogP contribution < -0.4 is 5.73 Å². The Bertz CT molecular complexity index is 443. The van der Waals surface area contributed by atoms with Crippen molar-refractivity contribution in [2.24, 2.45) is 5.73 Å². The predicted octanol–water partition coefficient (Wildman–Crippen LogP) is 2.46. The smallest absolute Gasteiger partial charge is 0.0473 e. The van der Waals surface area contributed by atoms with Gasteiger partial charge in [-0.1, -0.05) is 37.3 Å². The summed E-state index contributed by atoms with van der Waals surface area (Å²) >= 11 is 0. The van der Waals surface area contributed by atoms with Crippen molar-refractivity contribution in [2.75, 3.05) is 26.2 Å². The highest BCUT2D eigenvalue weighted by Crippen LogP contribution is 2.37. The van der Waals surface area contributed by atoms with Crippen molar-refractivity contribution < 1.29 is 0 Å². The molecule has 3 heteroatoms. The fourth-order valence-electron chi connectivity index (χ4n) is 3.87. The van der Waals surface area contributed by atoms with E-state index in [1.54, 1.807) is 0 Å². The molecule has 2 fully saturated rings. The molecule has 1 saturated heterocycles. The number of rotatable bonds is 7. The maximum absolute atomic E-state index is 6.25. The normalized spacial score (nSPS) is 26.6. The van der Waals surface area contributed by atoms with Gasteiger partial charge in [-0.15, -0.1) is 0 Å². The summed E-state index contributed by atoms with van der Waals surface area (Å²) in [4.78, 5) is 5.34. The van der Waals surface area contributed by atoms with E-state index in [9.17, 15) is 0 Å². The molecule has 3 nitrogen and oxygen atoms in total. The van der Waals surface area contributed by atoms with E-state index < -0.39 is 0 Å². The molecule has 2 N–H and O–H groups in total. The summed E-state index contributed by atoms with van der Waals surface area (Å²) in [5, 5.41) is 0. The summed E-state index contributed by atoms with van der Waals surface area (Å²) in [6, 6.07) is 11.6. The lowest BCUT2D eigenvalue weighted by atomic mass is 9.95. The third-order valence-electron chi connectivity index (χ3n) is 5.10. The van der Waals surface area contributed by atoms with Crippen molar-refractivity contribution in [3.8, 4) is 0 Å². The average Bonchev–Trinajstić information content (AvgIpc) is 3.27. The molecule has 2 aliphatic rings. The lowest BCUT2D eigenvalue weighted by Crippen LogP contribution is -2.56. The van der Waals surface area contributed by atoms with Crippen LogP contribution in [0.5, 0.6) is 0 Å². The number of nitrogens with two attached hydrogens (primary N) is 1. The van der Waals surface area contributed by atoms with E-state index in [1.165, 1.54) is 44.3 Å². The fourth-order valence-corrected chi connectivity index (χ4v) is 3.87. The Kier molecular flexibility index (Phi) is 4.63. The van der Waals surface area contributed by atoms with Gasteiger partial charge in [0.25, 0.3) is 0 Å². The van der Waals surface area contributed by atoms with Gasteiger partial charge in [-0.05, 0) is 37.8 Å². The average molecular weight is 287 g/mol. The van der Waals surface area contributed by atoms with Crippen LogP contribution in [0.15, 0.2) is 30.3 Å². The minimum atomic E-state index is 0.228. The monoisotopic (exact) mass is 287 g/mol. The molecule has 1 aliphatic carbocycles. The Morgan fingerprint density at radius 3 is 2.67 bits per heavy atom. The Balaban J connectivity index is 1.67. The molecule has 1 aromatic rings. The van der Waals surface area contributed by atoms with Gasteiger partial charge in [0.05, 0.1) is 0 Å². The number of benzene rings is 1. The first-order valence-electron chi connectivity index (χ1n) is 8.50. The van der Waals surface area contributed by atoms with Crippen molar-refractivity contribution >= 4 is 0 Å². The Labute approximate surface area is 129 Å². The van der Waals surface area contributed by atoms with Crippen LogP contribution in [0.1, 0.15) is 38.2 Å². The second kappa shape index (κ2) is 6.47. The van der Waals surface area contributed by atoms with Gasteiger partial charge in [-0.3, -0.25) is 9.80 Å². The molecular weight excluding hydrogens is 258 g/mol. The topological polar surface area (TPSA) is 32.5 Å². The second-order valence-electron chi connectivity index (χ2n) is 6.80. The molecular formula is C18H29N3. The molecule has 1 unspecified atom stereocenters. The molecule has 21 heavy (non-hydrogen) atoms. The van der Waals surface area contributed by atoms with Gasteiger partial charge in [0, 0.05) is 37.8 Å². The number of hydrogen-bond donors (Lipinski definition) is 1. The fraction of sp³-hybridized carbons (Fsp3) is 0.667. The van der Waals surface area contributed by atoms with E-state index >= 15 is 0 Å². The number of nitrogens with zero attached hydrogens (tertiary/aromatic N) is 2. The van der Waals surface area contributed by atoms with Crippen molar-refractivity contribution in [1.82, 2.24) is 9.80 Å². The van der Waals surface area contributed by atoms with E-state index in [-0.39, 0.29) is 5.54 Å². The van der Waals surface area contributed by atoms with Crippen molar-refractivity contribution in [1.29, 1.82) is 0 Å². The predicted molar refractivity (Wildman–Crippen MR) is 88.1 cm³/mol. The van der Waals surface area contributed by atoms with Crippen LogP contribution in [0.2, 0.25) is 0 Å². The zero-order valence-corrected chi connectivity index (χ0v) is 13.3.